The van der Waals surface area contributed by atoms with E-state index < -0.39 is 0 Å². The topological polar surface area (TPSA) is 87.5 Å². The summed E-state index contributed by atoms with van der Waals surface area (Å²) in [5, 5.41) is 4.88. The second-order valence-electron chi connectivity index (χ2n) is 9.00. The predicted octanol–water partition coefficient (Wildman–Crippen LogP) is 3.01. The Balaban J connectivity index is 1.18. The number of halogens is 1. The highest BCUT2D eigenvalue weighted by Crippen LogP contribution is 2.33. The van der Waals surface area contributed by atoms with Gasteiger partial charge in [0.25, 0.3) is 0 Å². The highest BCUT2D eigenvalue weighted by Gasteiger charge is 2.42. The number of carbonyl (C=O) groups is 2. The standard InChI is InChI=1S/C24H26ClN7O2/c1-16(33)29(2)21-9-28-32(15-21)24(34)31-13-19-11-30(12-20(19)14-31)10-18-5-4-17(8-22(18)25)23-26-6-3-7-27-23/h3-9,15,19-20H,10-14H2,1-2H3. The molecule has 2 atom stereocenters. The summed E-state index contributed by atoms with van der Waals surface area (Å²) in [5.74, 6) is 1.41. The van der Waals surface area contributed by atoms with Crippen molar-refractivity contribution in [3.8, 4) is 11.4 Å². The Morgan fingerprint density at radius 3 is 2.47 bits per heavy atom. The molecule has 0 N–H and O–H groups in total. The molecule has 2 aliphatic rings. The summed E-state index contributed by atoms with van der Waals surface area (Å²) in [6.45, 7) is 5.50. The molecular formula is C24H26ClN7O2. The van der Waals surface area contributed by atoms with Crippen molar-refractivity contribution >= 4 is 29.2 Å². The summed E-state index contributed by atoms with van der Waals surface area (Å²) in [5.41, 5.74) is 2.58. The van der Waals surface area contributed by atoms with Gasteiger partial charge in [-0.3, -0.25) is 9.69 Å². The molecule has 0 spiro atoms. The van der Waals surface area contributed by atoms with Crippen molar-refractivity contribution in [1.29, 1.82) is 0 Å². The summed E-state index contributed by atoms with van der Waals surface area (Å²) >= 11 is 6.59. The van der Waals surface area contributed by atoms with E-state index in [1.165, 1.54) is 22.7 Å². The van der Waals surface area contributed by atoms with E-state index in [0.717, 1.165) is 30.8 Å². The van der Waals surface area contributed by atoms with Crippen LogP contribution in [0, 0.1) is 11.8 Å². The van der Waals surface area contributed by atoms with Crippen molar-refractivity contribution < 1.29 is 9.59 Å². The number of anilines is 1. The molecule has 4 heterocycles. The number of fused-ring (bicyclic) bond motifs is 1. The summed E-state index contributed by atoms with van der Waals surface area (Å²) < 4.78 is 1.32. The number of hydrogen-bond acceptors (Lipinski definition) is 6. The van der Waals surface area contributed by atoms with Gasteiger partial charge in [-0.05, 0) is 29.5 Å². The van der Waals surface area contributed by atoms with Crippen LogP contribution in [0.1, 0.15) is 12.5 Å². The molecule has 0 radical (unpaired) electrons. The number of nitrogens with zero attached hydrogens (tertiary/aromatic N) is 7. The fourth-order valence-corrected chi connectivity index (χ4v) is 5.04. The van der Waals surface area contributed by atoms with Crippen molar-refractivity contribution in [3.63, 3.8) is 0 Å². The van der Waals surface area contributed by atoms with Crippen LogP contribution in [0.25, 0.3) is 11.4 Å². The van der Waals surface area contributed by atoms with E-state index in [1.54, 1.807) is 31.7 Å². The molecule has 2 unspecified atom stereocenters. The smallest absolute Gasteiger partial charge is 0.322 e. The number of aromatic nitrogens is 4. The maximum absolute atomic E-state index is 12.9. The zero-order valence-corrected chi connectivity index (χ0v) is 19.9. The Morgan fingerprint density at radius 1 is 1.12 bits per heavy atom. The molecule has 3 aromatic rings. The Hall–Kier alpha value is -3.30. The summed E-state index contributed by atoms with van der Waals surface area (Å²) in [6, 6.07) is 7.62. The predicted molar refractivity (Wildman–Crippen MR) is 128 cm³/mol. The first-order chi connectivity index (χ1) is 16.4. The van der Waals surface area contributed by atoms with Crippen LogP contribution in [0.5, 0.6) is 0 Å². The molecule has 5 rings (SSSR count). The van der Waals surface area contributed by atoms with Gasteiger partial charge in [-0.2, -0.15) is 9.78 Å². The van der Waals surface area contributed by atoms with E-state index in [1.807, 2.05) is 23.1 Å². The SMILES string of the molecule is CC(=O)N(C)c1cnn(C(=O)N2CC3CN(Cc4ccc(-c5ncccn5)cc4Cl)CC3C2)c1. The third-order valence-corrected chi connectivity index (χ3v) is 7.08. The van der Waals surface area contributed by atoms with Gasteiger partial charge in [0.05, 0.1) is 18.1 Å². The van der Waals surface area contributed by atoms with Crippen molar-refractivity contribution in [2.24, 2.45) is 11.8 Å². The average molecular weight is 480 g/mol. The quantitative estimate of drug-likeness (QED) is 0.571. The molecule has 0 aliphatic carbocycles. The molecule has 1 aromatic carbocycles. The maximum atomic E-state index is 12.9. The second kappa shape index (κ2) is 9.15. The van der Waals surface area contributed by atoms with Gasteiger partial charge < -0.3 is 9.80 Å². The molecular weight excluding hydrogens is 454 g/mol. The van der Waals surface area contributed by atoms with Crippen LogP contribution in [0.15, 0.2) is 49.1 Å². The molecule has 34 heavy (non-hydrogen) atoms. The molecule has 2 aromatic heterocycles. The van der Waals surface area contributed by atoms with Gasteiger partial charge >= 0.3 is 6.03 Å². The first-order valence-corrected chi connectivity index (χ1v) is 11.6. The molecule has 10 heteroatoms. The van der Waals surface area contributed by atoms with Gasteiger partial charge in [-0.15, -0.1) is 0 Å². The Morgan fingerprint density at radius 2 is 1.82 bits per heavy atom. The lowest BCUT2D eigenvalue weighted by Gasteiger charge is -2.22. The molecule has 2 aliphatic heterocycles. The largest absolute Gasteiger partial charge is 0.344 e. The number of rotatable bonds is 4. The van der Waals surface area contributed by atoms with E-state index in [-0.39, 0.29) is 11.9 Å². The minimum Gasteiger partial charge on any atom is -0.322 e. The van der Waals surface area contributed by atoms with E-state index >= 15 is 0 Å². The highest BCUT2D eigenvalue weighted by molar-refractivity contribution is 6.31. The van der Waals surface area contributed by atoms with Gasteiger partial charge in [-0.1, -0.05) is 23.7 Å². The molecule has 2 fully saturated rings. The molecule has 9 nitrogen and oxygen atoms in total. The van der Waals surface area contributed by atoms with E-state index in [0.29, 0.717) is 41.5 Å². The van der Waals surface area contributed by atoms with Gasteiger partial charge in [0.1, 0.15) is 0 Å². The highest BCUT2D eigenvalue weighted by atomic mass is 35.5. The van der Waals surface area contributed by atoms with E-state index in [9.17, 15) is 9.59 Å². The lowest BCUT2D eigenvalue weighted by atomic mass is 10.0. The first kappa shape index (κ1) is 22.5. The van der Waals surface area contributed by atoms with Crippen LogP contribution in [-0.2, 0) is 11.3 Å². The van der Waals surface area contributed by atoms with E-state index in [2.05, 4.69) is 20.0 Å². The summed E-state index contributed by atoms with van der Waals surface area (Å²) in [6.07, 6.45) is 6.58. The van der Waals surface area contributed by atoms with Gasteiger partial charge in [0.15, 0.2) is 5.82 Å². The van der Waals surface area contributed by atoms with Gasteiger partial charge in [0.2, 0.25) is 5.91 Å². The minimum atomic E-state index is -0.147. The first-order valence-electron chi connectivity index (χ1n) is 11.3. The number of hydrogen-bond donors (Lipinski definition) is 0. The van der Waals surface area contributed by atoms with E-state index in [4.69, 9.17) is 11.6 Å². The second-order valence-corrected chi connectivity index (χ2v) is 9.41. The van der Waals surface area contributed by atoms with Gasteiger partial charge in [-0.25, -0.2) is 14.8 Å². The third-order valence-electron chi connectivity index (χ3n) is 6.73. The Kier molecular flexibility index (Phi) is 6.05. The number of benzene rings is 1. The zero-order valence-electron chi connectivity index (χ0n) is 19.1. The molecule has 2 saturated heterocycles. The van der Waals surface area contributed by atoms with Crippen molar-refractivity contribution in [2.75, 3.05) is 38.1 Å². The van der Waals surface area contributed by atoms with Crippen LogP contribution in [0.3, 0.4) is 0 Å². The third kappa shape index (κ3) is 4.41. The van der Waals surface area contributed by atoms with Crippen molar-refractivity contribution in [2.45, 2.75) is 13.5 Å². The van der Waals surface area contributed by atoms with Crippen LogP contribution in [0.2, 0.25) is 5.02 Å². The molecule has 0 bridgehead atoms. The minimum absolute atomic E-state index is 0.106. The molecule has 0 saturated carbocycles. The lowest BCUT2D eigenvalue weighted by Crippen LogP contribution is -2.36. The lowest BCUT2D eigenvalue weighted by molar-refractivity contribution is -0.116. The average Bonchev–Trinajstić information content (AvgIpc) is 3.55. The summed E-state index contributed by atoms with van der Waals surface area (Å²) in [4.78, 5) is 38.8. The fraction of sp³-hybridized carbons (Fsp3) is 0.375. The van der Waals surface area contributed by atoms with Crippen molar-refractivity contribution in [1.82, 2.24) is 29.5 Å². The van der Waals surface area contributed by atoms with Crippen LogP contribution >= 0.6 is 11.6 Å². The monoisotopic (exact) mass is 479 g/mol. The van der Waals surface area contributed by atoms with Crippen LogP contribution < -0.4 is 4.90 Å². The Bertz CT molecular complexity index is 1200. The molecule has 176 valence electrons. The maximum Gasteiger partial charge on any atom is 0.344 e. The van der Waals surface area contributed by atoms with Crippen molar-refractivity contribution in [3.05, 3.63) is 59.6 Å². The van der Waals surface area contributed by atoms with Crippen LogP contribution in [0.4, 0.5) is 10.5 Å². The molecule has 2 amide bonds. The zero-order chi connectivity index (χ0) is 23.8. The Labute approximate surface area is 203 Å². The van der Waals surface area contributed by atoms with Gasteiger partial charge in [0, 0.05) is 69.7 Å². The summed E-state index contributed by atoms with van der Waals surface area (Å²) in [7, 11) is 1.66. The number of carbonyl (C=O) groups excluding carboxylic acids is 2. The van der Waals surface area contributed by atoms with Crippen LogP contribution in [-0.4, -0.2) is 74.7 Å². The number of likely N-dealkylation sites (tertiary alicyclic amines) is 2. The normalized spacial score (nSPS) is 19.9. The fourth-order valence-electron chi connectivity index (χ4n) is 4.80. The number of amides is 2.